The summed E-state index contributed by atoms with van der Waals surface area (Å²) in [5.74, 6) is -0.500. The smallest absolute Gasteiger partial charge is 0.399 e. The summed E-state index contributed by atoms with van der Waals surface area (Å²) in [4.78, 5) is 3.80. The number of ether oxygens (including phenoxy) is 1. The van der Waals surface area contributed by atoms with Gasteiger partial charge in [0, 0.05) is 17.2 Å². The number of aryl methyl sites for hydroxylation is 1. The molecule has 0 saturated carbocycles. The van der Waals surface area contributed by atoms with Crippen LogP contribution in [0.2, 0.25) is 0 Å². The van der Waals surface area contributed by atoms with Gasteiger partial charge in [-0.15, -0.1) is 13.2 Å². The standard InChI is InChI=1S/C13H17BF3NO3/c1-8-9(6-7-10(18-8)19-13(15,16)17)14-20-11(2,3)12(4,5)21-14/h6-7H,1-5H3. The Kier molecular flexibility index (Phi) is 3.74. The van der Waals surface area contributed by atoms with E-state index in [1.807, 2.05) is 27.7 Å². The Morgan fingerprint density at radius 1 is 1.10 bits per heavy atom. The van der Waals surface area contributed by atoms with E-state index in [0.29, 0.717) is 11.2 Å². The summed E-state index contributed by atoms with van der Waals surface area (Å²) in [5.41, 5.74) is -0.0883. The first kappa shape index (κ1) is 16.1. The highest BCUT2D eigenvalue weighted by Crippen LogP contribution is 2.36. The van der Waals surface area contributed by atoms with Crippen LogP contribution in [0.15, 0.2) is 12.1 Å². The summed E-state index contributed by atoms with van der Waals surface area (Å²) >= 11 is 0. The van der Waals surface area contributed by atoms with Crippen LogP contribution in [0.3, 0.4) is 0 Å². The average Bonchev–Trinajstić information content (AvgIpc) is 2.45. The number of nitrogens with zero attached hydrogens (tertiary/aromatic N) is 1. The monoisotopic (exact) mass is 303 g/mol. The second kappa shape index (κ2) is 4.88. The zero-order chi connectivity index (χ0) is 16.1. The first-order valence-corrected chi connectivity index (χ1v) is 6.50. The maximum absolute atomic E-state index is 12.2. The number of halogens is 3. The predicted molar refractivity (Wildman–Crippen MR) is 71.4 cm³/mol. The highest BCUT2D eigenvalue weighted by Gasteiger charge is 2.52. The lowest BCUT2D eigenvalue weighted by Gasteiger charge is -2.32. The Morgan fingerprint density at radius 3 is 2.05 bits per heavy atom. The van der Waals surface area contributed by atoms with Crippen LogP contribution in [-0.4, -0.2) is 29.7 Å². The van der Waals surface area contributed by atoms with Gasteiger partial charge in [0.05, 0.1) is 11.2 Å². The summed E-state index contributed by atoms with van der Waals surface area (Å²) in [7, 11) is -0.664. The van der Waals surface area contributed by atoms with E-state index in [9.17, 15) is 13.2 Å². The van der Waals surface area contributed by atoms with E-state index in [1.54, 1.807) is 6.92 Å². The van der Waals surface area contributed by atoms with E-state index in [2.05, 4.69) is 9.72 Å². The fraction of sp³-hybridized carbons (Fsp3) is 0.615. The quantitative estimate of drug-likeness (QED) is 0.787. The normalized spacial score (nSPS) is 20.7. The summed E-state index contributed by atoms with van der Waals surface area (Å²) < 4.78 is 52.0. The van der Waals surface area contributed by atoms with Crippen molar-refractivity contribution in [1.82, 2.24) is 4.98 Å². The third-order valence-electron chi connectivity index (χ3n) is 3.83. The van der Waals surface area contributed by atoms with E-state index in [1.165, 1.54) is 6.07 Å². The molecule has 2 heterocycles. The summed E-state index contributed by atoms with van der Waals surface area (Å²) in [6.07, 6.45) is -4.76. The van der Waals surface area contributed by atoms with Gasteiger partial charge in [-0.3, -0.25) is 0 Å². The molecule has 116 valence electrons. The molecule has 1 aromatic rings. The van der Waals surface area contributed by atoms with E-state index in [-0.39, 0.29) is 0 Å². The molecule has 4 nitrogen and oxygen atoms in total. The molecular formula is C13H17BF3NO3. The summed E-state index contributed by atoms with van der Waals surface area (Å²) in [6, 6.07) is 2.63. The van der Waals surface area contributed by atoms with Crippen LogP contribution in [0.4, 0.5) is 13.2 Å². The molecule has 1 aliphatic rings. The Morgan fingerprint density at radius 2 is 1.62 bits per heavy atom. The minimum absolute atomic E-state index is 0.371. The van der Waals surface area contributed by atoms with Crippen molar-refractivity contribution in [2.45, 2.75) is 52.2 Å². The molecule has 1 saturated heterocycles. The molecule has 1 aromatic heterocycles. The number of hydrogen-bond acceptors (Lipinski definition) is 4. The number of pyridine rings is 1. The Balaban J connectivity index is 2.23. The van der Waals surface area contributed by atoms with E-state index in [0.717, 1.165) is 6.07 Å². The average molecular weight is 303 g/mol. The topological polar surface area (TPSA) is 40.6 Å². The van der Waals surface area contributed by atoms with Gasteiger partial charge in [0.2, 0.25) is 5.88 Å². The highest BCUT2D eigenvalue weighted by atomic mass is 19.4. The first-order chi connectivity index (χ1) is 9.41. The van der Waals surface area contributed by atoms with Gasteiger partial charge in [0.1, 0.15) is 0 Å². The zero-order valence-electron chi connectivity index (χ0n) is 12.5. The van der Waals surface area contributed by atoms with Crippen LogP contribution in [0.1, 0.15) is 33.4 Å². The van der Waals surface area contributed by atoms with Gasteiger partial charge in [-0.1, -0.05) is 6.07 Å². The van der Waals surface area contributed by atoms with E-state index < -0.39 is 30.6 Å². The van der Waals surface area contributed by atoms with Gasteiger partial charge in [0.25, 0.3) is 0 Å². The largest absolute Gasteiger partial charge is 0.574 e. The van der Waals surface area contributed by atoms with Gasteiger partial charge in [0.15, 0.2) is 0 Å². The second-order valence-electron chi connectivity index (χ2n) is 5.96. The Labute approximate surface area is 121 Å². The fourth-order valence-corrected chi connectivity index (χ4v) is 1.94. The van der Waals surface area contributed by atoms with Crippen LogP contribution >= 0.6 is 0 Å². The Bertz CT molecular complexity index is 530. The van der Waals surface area contributed by atoms with Gasteiger partial charge >= 0.3 is 13.5 Å². The van der Waals surface area contributed by atoms with Gasteiger partial charge in [-0.25, -0.2) is 4.98 Å². The predicted octanol–water partition coefficient (Wildman–Crippen LogP) is 2.59. The van der Waals surface area contributed by atoms with Crippen LogP contribution in [0.5, 0.6) is 5.88 Å². The molecule has 0 aromatic carbocycles. The van der Waals surface area contributed by atoms with Crippen LogP contribution < -0.4 is 10.2 Å². The van der Waals surface area contributed by atoms with Crippen LogP contribution in [0.25, 0.3) is 0 Å². The lowest BCUT2D eigenvalue weighted by atomic mass is 9.78. The maximum atomic E-state index is 12.2. The van der Waals surface area contributed by atoms with Crippen molar-refractivity contribution in [1.29, 1.82) is 0 Å². The lowest BCUT2D eigenvalue weighted by Crippen LogP contribution is -2.41. The molecule has 0 unspecified atom stereocenters. The molecule has 0 radical (unpaired) electrons. The third kappa shape index (κ3) is 3.32. The summed E-state index contributed by atoms with van der Waals surface area (Å²) in [5, 5.41) is 0. The van der Waals surface area contributed by atoms with Crippen LogP contribution in [-0.2, 0) is 9.31 Å². The molecule has 21 heavy (non-hydrogen) atoms. The number of alkyl halides is 3. The first-order valence-electron chi connectivity index (χ1n) is 6.50. The minimum Gasteiger partial charge on any atom is -0.399 e. The molecule has 8 heteroatoms. The highest BCUT2D eigenvalue weighted by molar-refractivity contribution is 6.62. The summed E-state index contributed by atoms with van der Waals surface area (Å²) in [6.45, 7) is 9.19. The lowest BCUT2D eigenvalue weighted by molar-refractivity contribution is -0.276. The van der Waals surface area contributed by atoms with Crippen LogP contribution in [0, 0.1) is 6.92 Å². The van der Waals surface area contributed by atoms with Crippen molar-refractivity contribution >= 4 is 12.6 Å². The molecule has 0 spiro atoms. The van der Waals surface area contributed by atoms with Crippen molar-refractivity contribution in [3.05, 3.63) is 17.8 Å². The van der Waals surface area contributed by atoms with Crippen molar-refractivity contribution in [2.24, 2.45) is 0 Å². The fourth-order valence-electron chi connectivity index (χ4n) is 1.94. The molecule has 1 fully saturated rings. The molecular weight excluding hydrogens is 286 g/mol. The molecule has 2 rings (SSSR count). The minimum atomic E-state index is -4.76. The maximum Gasteiger partial charge on any atom is 0.574 e. The Hall–Kier alpha value is -1.28. The van der Waals surface area contributed by atoms with E-state index in [4.69, 9.17) is 9.31 Å². The third-order valence-corrected chi connectivity index (χ3v) is 3.83. The van der Waals surface area contributed by atoms with Gasteiger partial charge in [-0.05, 0) is 34.6 Å². The van der Waals surface area contributed by atoms with Crippen molar-refractivity contribution in [3.63, 3.8) is 0 Å². The SMILES string of the molecule is Cc1nc(OC(F)(F)F)ccc1B1OC(C)(C)C(C)(C)O1. The number of rotatable bonds is 2. The van der Waals surface area contributed by atoms with Gasteiger partial charge < -0.3 is 14.0 Å². The molecule has 1 aliphatic heterocycles. The molecule has 0 bridgehead atoms. The van der Waals surface area contributed by atoms with Gasteiger partial charge in [-0.2, -0.15) is 0 Å². The number of hydrogen-bond donors (Lipinski definition) is 0. The van der Waals surface area contributed by atoms with Crippen molar-refractivity contribution < 1.29 is 27.2 Å². The molecule has 0 N–H and O–H groups in total. The van der Waals surface area contributed by atoms with Crippen molar-refractivity contribution in [2.75, 3.05) is 0 Å². The second-order valence-corrected chi connectivity index (χ2v) is 5.96. The molecule has 0 amide bonds. The molecule has 0 aliphatic carbocycles. The zero-order valence-corrected chi connectivity index (χ0v) is 12.5. The van der Waals surface area contributed by atoms with E-state index >= 15 is 0 Å². The number of aromatic nitrogens is 1. The molecule has 0 atom stereocenters. The van der Waals surface area contributed by atoms with Crippen molar-refractivity contribution in [3.8, 4) is 5.88 Å².